The van der Waals surface area contributed by atoms with Crippen molar-refractivity contribution >= 4 is 23.0 Å². The van der Waals surface area contributed by atoms with Gasteiger partial charge in [-0.15, -0.1) is 0 Å². The first kappa shape index (κ1) is 24.2. The number of carbonyl (C=O) groups is 1. The summed E-state index contributed by atoms with van der Waals surface area (Å²) in [5.74, 6) is -7.87. The topological polar surface area (TPSA) is 84.6 Å². The van der Waals surface area contributed by atoms with E-state index in [9.17, 15) is 27.6 Å². The fourth-order valence-corrected chi connectivity index (χ4v) is 4.62. The summed E-state index contributed by atoms with van der Waals surface area (Å²) >= 11 is 0. The van der Waals surface area contributed by atoms with Crippen LogP contribution < -0.4 is 15.3 Å². The summed E-state index contributed by atoms with van der Waals surface area (Å²) in [6, 6.07) is 10.4. The third-order valence-corrected chi connectivity index (χ3v) is 6.84. The van der Waals surface area contributed by atoms with Gasteiger partial charge in [-0.2, -0.15) is 14.0 Å². The van der Waals surface area contributed by atoms with E-state index < -0.39 is 29.2 Å². The number of pyridine rings is 1. The quantitative estimate of drug-likeness (QED) is 0.470. The van der Waals surface area contributed by atoms with Crippen molar-refractivity contribution in [3.8, 4) is 6.07 Å². The highest BCUT2D eigenvalue weighted by Crippen LogP contribution is 2.47. The SMILES string of the molecule is CC(=NC(=O)C(C)(F)F)[C@@H](c1ccc(C2(C#N)CC2)nc1)N1NCc2cc(N3CC(F)(F)C3)ccc21. The van der Waals surface area contributed by atoms with Crippen LogP contribution in [0.15, 0.2) is 41.5 Å². The molecule has 1 N–H and O–H groups in total. The lowest BCUT2D eigenvalue weighted by molar-refractivity contribution is -0.139. The minimum Gasteiger partial charge on any atom is -0.359 e. The minimum absolute atomic E-state index is 0.129. The predicted molar refractivity (Wildman–Crippen MR) is 125 cm³/mol. The van der Waals surface area contributed by atoms with Gasteiger partial charge in [-0.1, -0.05) is 6.07 Å². The molecular weight excluding hydrogens is 476 g/mol. The van der Waals surface area contributed by atoms with Gasteiger partial charge in [0.2, 0.25) is 0 Å². The maximum atomic E-state index is 13.6. The molecule has 0 bridgehead atoms. The van der Waals surface area contributed by atoms with Crippen molar-refractivity contribution in [2.24, 2.45) is 4.99 Å². The number of hydrazine groups is 1. The molecule has 5 rings (SSSR count). The third-order valence-electron chi connectivity index (χ3n) is 6.84. The highest BCUT2D eigenvalue weighted by Gasteiger charge is 2.47. The highest BCUT2D eigenvalue weighted by atomic mass is 19.3. The van der Waals surface area contributed by atoms with Gasteiger partial charge in [0.15, 0.2) is 0 Å². The Kier molecular flexibility index (Phi) is 5.55. The highest BCUT2D eigenvalue weighted by molar-refractivity contribution is 6.01. The second-order valence-corrected chi connectivity index (χ2v) is 9.75. The summed E-state index contributed by atoms with van der Waals surface area (Å²) in [5.41, 5.74) is 6.20. The van der Waals surface area contributed by atoms with Gasteiger partial charge >= 0.3 is 11.8 Å². The van der Waals surface area contributed by atoms with Crippen LogP contribution in [0.1, 0.15) is 49.6 Å². The average Bonchev–Trinajstić information content (AvgIpc) is 3.51. The van der Waals surface area contributed by atoms with Gasteiger partial charge in [0.25, 0.3) is 5.92 Å². The number of hydrogen-bond acceptors (Lipinski definition) is 6. The molecule has 0 unspecified atom stereocenters. The van der Waals surface area contributed by atoms with Crippen molar-refractivity contribution < 1.29 is 22.4 Å². The number of aromatic nitrogens is 1. The van der Waals surface area contributed by atoms with Crippen molar-refractivity contribution in [1.29, 1.82) is 5.26 Å². The second-order valence-electron chi connectivity index (χ2n) is 9.75. The van der Waals surface area contributed by atoms with Gasteiger partial charge in [0, 0.05) is 36.6 Å². The van der Waals surface area contributed by atoms with E-state index in [4.69, 9.17) is 0 Å². The molecule has 1 saturated heterocycles. The van der Waals surface area contributed by atoms with Gasteiger partial charge in [0.1, 0.15) is 6.04 Å². The van der Waals surface area contributed by atoms with Crippen LogP contribution in [-0.4, -0.2) is 41.5 Å². The molecule has 7 nitrogen and oxygen atoms in total. The first-order valence-corrected chi connectivity index (χ1v) is 11.6. The first-order valence-electron chi connectivity index (χ1n) is 11.6. The molecule has 3 heterocycles. The van der Waals surface area contributed by atoms with Gasteiger partial charge in [-0.05, 0) is 49.6 Å². The van der Waals surface area contributed by atoms with Crippen LogP contribution in [0.4, 0.5) is 28.9 Å². The standard InChI is InChI=1S/C25H24F4N6O/c1-15(33-22(36)23(2,26)27)21(16-3-6-20(31-10-16)24(12-30)7-8-24)35-19-5-4-18(9-17(19)11-32-35)34-13-25(28,29)14-34/h3-6,9-10,21,32H,7-8,11,13-14H2,1-2H3/t21-/m0/s1. The average molecular weight is 501 g/mol. The molecular formula is C25H24F4N6O. The summed E-state index contributed by atoms with van der Waals surface area (Å²) in [5, 5.41) is 11.2. The third kappa shape index (κ3) is 4.30. The molecule has 1 atom stereocenters. The number of nitrogens with zero attached hydrogens (tertiary/aromatic N) is 5. The molecule has 2 aromatic rings. The number of carbonyl (C=O) groups excluding carboxylic acids is 1. The summed E-state index contributed by atoms with van der Waals surface area (Å²) in [6.07, 6.45) is 3.03. The van der Waals surface area contributed by atoms with Crippen molar-refractivity contribution in [3.63, 3.8) is 0 Å². The van der Waals surface area contributed by atoms with E-state index in [1.54, 1.807) is 40.4 Å². The van der Waals surface area contributed by atoms with E-state index >= 15 is 0 Å². The van der Waals surface area contributed by atoms with Crippen molar-refractivity contribution in [2.45, 2.75) is 56.5 Å². The van der Waals surface area contributed by atoms with Gasteiger partial charge < -0.3 is 4.90 Å². The van der Waals surface area contributed by atoms with E-state index in [-0.39, 0.29) is 18.8 Å². The molecule has 1 amide bonds. The maximum Gasteiger partial charge on any atom is 0.324 e. The largest absolute Gasteiger partial charge is 0.359 e. The van der Waals surface area contributed by atoms with E-state index in [2.05, 4.69) is 21.5 Å². The van der Waals surface area contributed by atoms with Crippen LogP contribution >= 0.6 is 0 Å². The zero-order chi connectivity index (χ0) is 25.9. The Morgan fingerprint density at radius 1 is 1.25 bits per heavy atom. The van der Waals surface area contributed by atoms with Crippen LogP contribution in [0.3, 0.4) is 0 Å². The molecule has 1 aliphatic carbocycles. The molecule has 1 aromatic carbocycles. The Hall–Kier alpha value is -3.52. The lowest BCUT2D eigenvalue weighted by atomic mass is 9.99. The van der Waals surface area contributed by atoms with Crippen LogP contribution in [0, 0.1) is 11.3 Å². The number of nitriles is 1. The van der Waals surface area contributed by atoms with E-state index in [1.165, 1.54) is 6.92 Å². The summed E-state index contributed by atoms with van der Waals surface area (Å²) in [4.78, 5) is 21.8. The zero-order valence-electron chi connectivity index (χ0n) is 19.7. The van der Waals surface area contributed by atoms with E-state index in [1.807, 2.05) is 6.07 Å². The normalized spacial score (nSPS) is 20.9. The monoisotopic (exact) mass is 500 g/mol. The fraction of sp³-hybridized carbons (Fsp3) is 0.440. The van der Waals surface area contributed by atoms with Crippen molar-refractivity contribution in [1.82, 2.24) is 10.4 Å². The molecule has 1 saturated carbocycles. The summed E-state index contributed by atoms with van der Waals surface area (Å²) in [7, 11) is 0. The molecule has 2 fully saturated rings. The van der Waals surface area contributed by atoms with Crippen LogP contribution in [-0.2, 0) is 16.8 Å². The van der Waals surface area contributed by atoms with Gasteiger partial charge in [0.05, 0.1) is 36.0 Å². The molecule has 2 aliphatic heterocycles. The van der Waals surface area contributed by atoms with E-state index in [0.29, 0.717) is 36.1 Å². The zero-order valence-corrected chi connectivity index (χ0v) is 19.7. The van der Waals surface area contributed by atoms with Crippen LogP contribution in [0.25, 0.3) is 0 Å². The lowest BCUT2D eigenvalue weighted by Gasteiger charge is -2.40. The minimum atomic E-state index is -3.62. The van der Waals surface area contributed by atoms with Gasteiger partial charge in [-0.3, -0.25) is 14.8 Å². The molecule has 188 valence electrons. The fourth-order valence-electron chi connectivity index (χ4n) is 4.62. The van der Waals surface area contributed by atoms with Crippen LogP contribution in [0.5, 0.6) is 0 Å². The number of fused-ring (bicyclic) bond motifs is 1. The van der Waals surface area contributed by atoms with E-state index in [0.717, 1.165) is 18.4 Å². The number of amides is 1. The Labute approximate surface area is 205 Å². The number of benzene rings is 1. The maximum absolute atomic E-state index is 13.6. The summed E-state index contributed by atoms with van der Waals surface area (Å²) in [6.45, 7) is 1.69. The van der Waals surface area contributed by atoms with Crippen molar-refractivity contribution in [2.75, 3.05) is 23.0 Å². The number of hydrogen-bond donors (Lipinski definition) is 1. The number of aliphatic imine (C=N–C) groups is 1. The molecule has 36 heavy (non-hydrogen) atoms. The first-order chi connectivity index (χ1) is 16.9. The summed E-state index contributed by atoms with van der Waals surface area (Å²) < 4.78 is 53.9. The Bertz CT molecular complexity index is 1270. The van der Waals surface area contributed by atoms with Crippen LogP contribution in [0.2, 0.25) is 0 Å². The Morgan fingerprint density at radius 2 is 1.97 bits per heavy atom. The van der Waals surface area contributed by atoms with Crippen molar-refractivity contribution in [3.05, 3.63) is 53.3 Å². The molecule has 0 radical (unpaired) electrons. The number of halogens is 4. The predicted octanol–water partition coefficient (Wildman–Crippen LogP) is 4.30. The molecule has 1 aromatic heterocycles. The number of anilines is 2. The molecule has 11 heteroatoms. The number of alkyl halides is 4. The molecule has 0 spiro atoms. The lowest BCUT2D eigenvalue weighted by Crippen LogP contribution is -2.56. The Balaban J connectivity index is 1.49. The smallest absolute Gasteiger partial charge is 0.324 e. The number of nitrogens with one attached hydrogen (secondary N) is 1. The molecule has 3 aliphatic rings. The number of rotatable bonds is 6. The van der Waals surface area contributed by atoms with Gasteiger partial charge in [-0.25, -0.2) is 19.2 Å². The Morgan fingerprint density at radius 3 is 2.53 bits per heavy atom. The second kappa shape index (κ2) is 8.27.